The van der Waals surface area contributed by atoms with Gasteiger partial charge < -0.3 is 15.0 Å². The number of amides is 2. The Balaban J connectivity index is 2.17. The fourth-order valence-electron chi connectivity index (χ4n) is 3.28. The summed E-state index contributed by atoms with van der Waals surface area (Å²) in [4.78, 5) is 26.1. The summed E-state index contributed by atoms with van der Waals surface area (Å²) in [7, 11) is 1.72. The van der Waals surface area contributed by atoms with Crippen molar-refractivity contribution in [1.82, 2.24) is 10.2 Å². The van der Waals surface area contributed by atoms with Crippen LogP contribution in [0.3, 0.4) is 0 Å². The summed E-state index contributed by atoms with van der Waals surface area (Å²) in [5.41, 5.74) is 0. The molecule has 1 aliphatic heterocycles. The van der Waals surface area contributed by atoms with Crippen LogP contribution < -0.4 is 5.32 Å². The average molecular weight is 268 g/mol. The molecule has 1 heterocycles. The van der Waals surface area contributed by atoms with E-state index in [2.05, 4.69) is 5.32 Å². The minimum atomic E-state index is -0.332. The van der Waals surface area contributed by atoms with E-state index in [-0.39, 0.29) is 42.5 Å². The van der Waals surface area contributed by atoms with Gasteiger partial charge in [0.2, 0.25) is 11.8 Å². The maximum absolute atomic E-state index is 12.2. The Morgan fingerprint density at radius 1 is 1.32 bits per heavy atom. The lowest BCUT2D eigenvalue weighted by Gasteiger charge is -2.44. The van der Waals surface area contributed by atoms with Gasteiger partial charge >= 0.3 is 0 Å². The van der Waals surface area contributed by atoms with Crippen LogP contribution in [0.2, 0.25) is 0 Å². The third-order valence-electron chi connectivity index (χ3n) is 4.23. The first kappa shape index (κ1) is 14.3. The number of hydrogen-bond acceptors (Lipinski definition) is 3. The highest BCUT2D eigenvalue weighted by atomic mass is 16.5. The molecular formula is C14H24N2O3. The summed E-state index contributed by atoms with van der Waals surface area (Å²) in [6.45, 7) is 4.12. The van der Waals surface area contributed by atoms with Crippen molar-refractivity contribution < 1.29 is 14.3 Å². The molecule has 2 aliphatic rings. The quantitative estimate of drug-likeness (QED) is 0.828. The number of hydrogen-bond donors (Lipinski definition) is 1. The highest BCUT2D eigenvalue weighted by Gasteiger charge is 2.41. The molecule has 0 aromatic heterocycles. The van der Waals surface area contributed by atoms with Gasteiger partial charge in [0.25, 0.3) is 0 Å². The molecule has 0 radical (unpaired) electrons. The molecule has 0 aromatic carbocycles. The zero-order valence-corrected chi connectivity index (χ0v) is 12.0. The van der Waals surface area contributed by atoms with Gasteiger partial charge in [0.05, 0.1) is 12.6 Å². The average Bonchev–Trinajstić information content (AvgIpc) is 2.40. The van der Waals surface area contributed by atoms with Gasteiger partial charge in [0.15, 0.2) is 0 Å². The van der Waals surface area contributed by atoms with Crippen molar-refractivity contribution in [3.05, 3.63) is 0 Å². The summed E-state index contributed by atoms with van der Waals surface area (Å²) in [6.07, 6.45) is 4.14. The highest BCUT2D eigenvalue weighted by molar-refractivity contribution is 5.95. The van der Waals surface area contributed by atoms with Crippen molar-refractivity contribution in [3.8, 4) is 0 Å². The first-order chi connectivity index (χ1) is 9.04. The normalized spacial score (nSPS) is 32.6. The van der Waals surface area contributed by atoms with Gasteiger partial charge in [-0.2, -0.15) is 0 Å². The monoisotopic (exact) mass is 268 g/mol. The van der Waals surface area contributed by atoms with Crippen molar-refractivity contribution >= 4 is 11.8 Å². The van der Waals surface area contributed by atoms with E-state index in [1.54, 1.807) is 7.11 Å². The van der Waals surface area contributed by atoms with E-state index >= 15 is 0 Å². The van der Waals surface area contributed by atoms with Crippen molar-refractivity contribution in [1.29, 1.82) is 0 Å². The molecule has 2 amide bonds. The number of nitrogens with one attached hydrogen (secondary N) is 1. The van der Waals surface area contributed by atoms with Crippen LogP contribution >= 0.6 is 0 Å². The predicted octanol–water partition coefficient (Wildman–Crippen LogP) is 0.927. The molecular weight excluding hydrogens is 244 g/mol. The lowest BCUT2D eigenvalue weighted by molar-refractivity contribution is -0.152. The molecule has 0 spiro atoms. The molecule has 19 heavy (non-hydrogen) atoms. The van der Waals surface area contributed by atoms with Gasteiger partial charge in [-0.25, -0.2) is 0 Å². The summed E-state index contributed by atoms with van der Waals surface area (Å²) < 4.78 is 5.43. The van der Waals surface area contributed by atoms with Crippen LogP contribution in [0, 0.1) is 5.92 Å². The van der Waals surface area contributed by atoms with Crippen LogP contribution in [-0.2, 0) is 14.3 Å². The van der Waals surface area contributed by atoms with Crippen molar-refractivity contribution in [2.24, 2.45) is 5.92 Å². The number of rotatable bonds is 3. The highest BCUT2D eigenvalue weighted by Crippen LogP contribution is 2.29. The van der Waals surface area contributed by atoms with E-state index in [1.807, 2.05) is 18.7 Å². The molecule has 0 aromatic rings. The molecule has 0 bridgehead atoms. The molecule has 5 heteroatoms. The first-order valence-electron chi connectivity index (χ1n) is 7.16. The second-order valence-corrected chi connectivity index (χ2v) is 5.89. The Bertz CT molecular complexity index is 357. The second-order valence-electron chi connectivity index (χ2n) is 5.89. The fourth-order valence-corrected chi connectivity index (χ4v) is 3.28. The molecule has 2 rings (SSSR count). The van der Waals surface area contributed by atoms with Crippen LogP contribution in [0.4, 0.5) is 0 Å². The van der Waals surface area contributed by atoms with Crippen LogP contribution in [-0.4, -0.2) is 48.6 Å². The number of piperazine rings is 1. The zero-order chi connectivity index (χ0) is 14.0. The molecule has 108 valence electrons. The van der Waals surface area contributed by atoms with E-state index in [1.165, 1.54) is 0 Å². The van der Waals surface area contributed by atoms with Crippen LogP contribution in [0.1, 0.15) is 39.5 Å². The minimum Gasteiger partial charge on any atom is -0.381 e. The van der Waals surface area contributed by atoms with Gasteiger partial charge in [0, 0.05) is 13.2 Å². The first-order valence-corrected chi connectivity index (χ1v) is 7.16. The molecule has 5 nitrogen and oxygen atoms in total. The van der Waals surface area contributed by atoms with E-state index in [0.29, 0.717) is 0 Å². The molecule has 3 atom stereocenters. The molecule has 2 fully saturated rings. The van der Waals surface area contributed by atoms with Crippen molar-refractivity contribution in [2.45, 2.75) is 57.7 Å². The zero-order valence-electron chi connectivity index (χ0n) is 12.0. The molecule has 3 unspecified atom stereocenters. The number of ether oxygens (including phenoxy) is 1. The molecule has 1 aliphatic carbocycles. The number of methoxy groups -OCH3 is 1. The van der Waals surface area contributed by atoms with E-state index in [4.69, 9.17) is 4.74 Å². The van der Waals surface area contributed by atoms with Gasteiger partial charge in [-0.15, -0.1) is 0 Å². The second kappa shape index (κ2) is 5.90. The Kier molecular flexibility index (Phi) is 4.45. The van der Waals surface area contributed by atoms with Crippen LogP contribution in [0.25, 0.3) is 0 Å². The third-order valence-corrected chi connectivity index (χ3v) is 4.23. The van der Waals surface area contributed by atoms with E-state index in [9.17, 15) is 9.59 Å². The lowest BCUT2D eigenvalue weighted by atomic mass is 9.88. The Morgan fingerprint density at radius 3 is 2.68 bits per heavy atom. The summed E-state index contributed by atoms with van der Waals surface area (Å²) in [6, 6.07) is -0.188. The Hall–Kier alpha value is -1.10. The fraction of sp³-hybridized carbons (Fsp3) is 0.857. The van der Waals surface area contributed by atoms with Gasteiger partial charge in [0.1, 0.15) is 6.04 Å². The number of nitrogens with zero attached hydrogens (tertiary/aromatic N) is 1. The van der Waals surface area contributed by atoms with E-state index < -0.39 is 0 Å². The van der Waals surface area contributed by atoms with Crippen LogP contribution in [0.15, 0.2) is 0 Å². The van der Waals surface area contributed by atoms with Crippen molar-refractivity contribution in [3.63, 3.8) is 0 Å². The molecule has 1 saturated heterocycles. The smallest absolute Gasteiger partial charge is 0.243 e. The molecule has 1 saturated carbocycles. The SMILES string of the molecule is COC1CCCC(N2C(=O)CNC(=O)C2C(C)C)C1. The maximum Gasteiger partial charge on any atom is 0.243 e. The standard InChI is InChI=1S/C14H24N2O3/c1-9(2)13-14(18)15-8-12(17)16(13)10-5-4-6-11(7-10)19-3/h9-11,13H,4-8H2,1-3H3,(H,15,18). The number of carbonyl (C=O) groups excluding carboxylic acids is 2. The Labute approximate surface area is 114 Å². The van der Waals surface area contributed by atoms with Gasteiger partial charge in [-0.1, -0.05) is 13.8 Å². The molecule has 1 N–H and O–H groups in total. The minimum absolute atomic E-state index is 0.0193. The maximum atomic E-state index is 12.2. The Morgan fingerprint density at radius 2 is 2.05 bits per heavy atom. The number of carbonyl (C=O) groups is 2. The summed E-state index contributed by atoms with van der Waals surface area (Å²) >= 11 is 0. The van der Waals surface area contributed by atoms with Gasteiger partial charge in [-0.05, 0) is 31.6 Å². The largest absolute Gasteiger partial charge is 0.381 e. The lowest BCUT2D eigenvalue weighted by Crippen LogP contribution is -2.63. The third kappa shape index (κ3) is 2.91. The summed E-state index contributed by atoms with van der Waals surface area (Å²) in [5, 5.41) is 2.70. The van der Waals surface area contributed by atoms with E-state index in [0.717, 1.165) is 25.7 Å². The van der Waals surface area contributed by atoms with Crippen molar-refractivity contribution in [2.75, 3.05) is 13.7 Å². The van der Waals surface area contributed by atoms with Crippen LogP contribution in [0.5, 0.6) is 0 Å². The predicted molar refractivity (Wildman–Crippen MR) is 71.5 cm³/mol. The topological polar surface area (TPSA) is 58.6 Å². The summed E-state index contributed by atoms with van der Waals surface area (Å²) in [5.74, 6) is 0.154. The van der Waals surface area contributed by atoms with Gasteiger partial charge in [-0.3, -0.25) is 9.59 Å².